The Morgan fingerprint density at radius 3 is 2.68 bits per heavy atom. The van der Waals surface area contributed by atoms with Crippen LogP contribution >= 0.6 is 0 Å². The molecule has 2 heteroatoms. The van der Waals surface area contributed by atoms with E-state index >= 15 is 0 Å². The molecule has 2 fully saturated rings. The minimum absolute atomic E-state index is 0.148. The molecule has 166 valence electrons. The molecule has 0 spiro atoms. The van der Waals surface area contributed by atoms with E-state index in [4.69, 9.17) is 0 Å². The van der Waals surface area contributed by atoms with Crippen molar-refractivity contribution in [2.45, 2.75) is 84.1 Å². The maximum absolute atomic E-state index is 13.4. The van der Waals surface area contributed by atoms with Gasteiger partial charge in [0.25, 0.3) is 0 Å². The molecule has 0 radical (unpaired) electrons. The lowest BCUT2D eigenvalue weighted by Gasteiger charge is -2.40. The molecular weight excluding hydrogens is 381 g/mol. The smallest absolute Gasteiger partial charge is 0.123 e. The van der Waals surface area contributed by atoms with Crippen LogP contribution in [0.1, 0.15) is 83.6 Å². The van der Waals surface area contributed by atoms with Gasteiger partial charge in [0.15, 0.2) is 0 Å². The molecule has 1 nitrogen and oxygen atoms in total. The van der Waals surface area contributed by atoms with Gasteiger partial charge in [0.2, 0.25) is 0 Å². The molecule has 1 aromatic rings. The Bertz CT molecular complexity index is 903. The van der Waals surface area contributed by atoms with Crippen molar-refractivity contribution in [3.05, 3.63) is 70.7 Å². The monoisotopic (exact) mass is 419 g/mol. The molecule has 1 aromatic carbocycles. The molecule has 0 aromatic heterocycles. The molecule has 5 rings (SSSR count). The van der Waals surface area contributed by atoms with Gasteiger partial charge in [0.05, 0.1) is 0 Å². The molecule has 2 saturated carbocycles. The molecule has 4 aliphatic rings. The van der Waals surface area contributed by atoms with E-state index in [2.05, 4.69) is 43.9 Å². The Labute approximate surface area is 188 Å². The third-order valence-electron chi connectivity index (χ3n) is 8.74. The highest BCUT2D eigenvalue weighted by Gasteiger charge is 2.60. The lowest BCUT2D eigenvalue weighted by atomic mass is 9.84. The van der Waals surface area contributed by atoms with Crippen molar-refractivity contribution in [1.29, 1.82) is 0 Å². The predicted octanol–water partition coefficient (Wildman–Crippen LogP) is 7.77. The summed E-state index contributed by atoms with van der Waals surface area (Å²) in [5.74, 6) is 1.98. The lowest BCUT2D eigenvalue weighted by Crippen LogP contribution is -2.41. The van der Waals surface area contributed by atoms with E-state index in [1.807, 2.05) is 12.1 Å². The van der Waals surface area contributed by atoms with Crippen LogP contribution in [-0.2, 0) is 0 Å². The topological polar surface area (TPSA) is 3.24 Å². The maximum Gasteiger partial charge on any atom is 0.123 e. The van der Waals surface area contributed by atoms with Crippen LogP contribution < -0.4 is 0 Å². The third kappa shape index (κ3) is 4.03. The summed E-state index contributed by atoms with van der Waals surface area (Å²) in [4.78, 5) is 2.77. The minimum atomic E-state index is -0.148. The van der Waals surface area contributed by atoms with E-state index in [9.17, 15) is 4.39 Å². The summed E-state index contributed by atoms with van der Waals surface area (Å²) in [5, 5.41) is 0. The van der Waals surface area contributed by atoms with Crippen LogP contribution in [0.25, 0.3) is 0 Å². The average molecular weight is 420 g/mol. The number of fused-ring (bicyclic) bond motifs is 2. The van der Waals surface area contributed by atoms with Crippen LogP contribution in [0.5, 0.6) is 0 Å². The van der Waals surface area contributed by atoms with E-state index in [1.54, 1.807) is 23.3 Å². The second-order valence-electron chi connectivity index (χ2n) is 10.6. The molecule has 0 heterocycles. The maximum atomic E-state index is 13.4. The highest BCUT2D eigenvalue weighted by atomic mass is 19.1. The molecule has 0 N–H and O–H groups in total. The van der Waals surface area contributed by atoms with Gasteiger partial charge in [-0.3, -0.25) is 0 Å². The van der Waals surface area contributed by atoms with Crippen molar-refractivity contribution in [2.24, 2.45) is 17.3 Å². The van der Waals surface area contributed by atoms with E-state index < -0.39 is 0 Å². The first-order valence-corrected chi connectivity index (χ1v) is 12.6. The Balaban J connectivity index is 1.35. The van der Waals surface area contributed by atoms with Gasteiger partial charge < -0.3 is 4.90 Å². The van der Waals surface area contributed by atoms with Crippen LogP contribution in [0.15, 0.2) is 59.3 Å². The van der Waals surface area contributed by atoms with Gasteiger partial charge in [-0.25, -0.2) is 4.39 Å². The number of benzene rings is 1. The zero-order chi connectivity index (χ0) is 21.6. The van der Waals surface area contributed by atoms with E-state index in [1.165, 1.54) is 62.8 Å². The predicted molar refractivity (Wildman–Crippen MR) is 127 cm³/mol. The Hall–Kier alpha value is -1.83. The van der Waals surface area contributed by atoms with Crippen molar-refractivity contribution in [1.82, 2.24) is 4.90 Å². The second-order valence-corrected chi connectivity index (χ2v) is 10.6. The molecule has 4 unspecified atom stereocenters. The quantitative estimate of drug-likeness (QED) is 0.395. The lowest BCUT2D eigenvalue weighted by molar-refractivity contribution is 0.189. The zero-order valence-corrected chi connectivity index (χ0v) is 19.5. The Morgan fingerprint density at radius 1 is 1.19 bits per heavy atom. The van der Waals surface area contributed by atoms with Crippen LogP contribution in [-0.4, -0.2) is 17.5 Å². The Kier molecular flexibility index (Phi) is 5.61. The standard InChI is InChI=1S/C29H38FN/c1-4-26(18-20(2)23-10-12-25(30)13-11-23)31(17-15-22-8-9-22)21(3)29-16-14-24-6-5-7-27(24)28(29)19-29/h4,10-14,16,20-22,28H,5-9,15,17-19H2,1-3H3/b26-4+. The summed E-state index contributed by atoms with van der Waals surface area (Å²) in [6.07, 6.45) is 17.9. The summed E-state index contributed by atoms with van der Waals surface area (Å²) < 4.78 is 13.4. The molecule has 0 saturated heterocycles. The number of rotatable bonds is 9. The van der Waals surface area contributed by atoms with Gasteiger partial charge in [0, 0.05) is 23.7 Å². The van der Waals surface area contributed by atoms with Gasteiger partial charge in [-0.15, -0.1) is 0 Å². The molecule has 4 aliphatic carbocycles. The largest absolute Gasteiger partial charge is 0.371 e. The van der Waals surface area contributed by atoms with Crippen molar-refractivity contribution in [3.63, 3.8) is 0 Å². The van der Waals surface area contributed by atoms with Gasteiger partial charge in [-0.1, -0.05) is 55.7 Å². The molecular formula is C29H38FN. The van der Waals surface area contributed by atoms with Crippen molar-refractivity contribution < 1.29 is 4.39 Å². The molecule has 4 atom stereocenters. The zero-order valence-electron chi connectivity index (χ0n) is 19.5. The molecule has 31 heavy (non-hydrogen) atoms. The summed E-state index contributed by atoms with van der Waals surface area (Å²) in [5.41, 5.74) is 6.50. The highest BCUT2D eigenvalue weighted by Crippen LogP contribution is 2.66. The van der Waals surface area contributed by atoms with Crippen molar-refractivity contribution >= 4 is 0 Å². The molecule has 0 aliphatic heterocycles. The van der Waals surface area contributed by atoms with E-state index in [0.29, 0.717) is 17.4 Å². The normalized spacial score (nSPS) is 28.9. The first-order valence-electron chi connectivity index (χ1n) is 12.6. The number of hydrogen-bond acceptors (Lipinski definition) is 1. The van der Waals surface area contributed by atoms with Crippen LogP contribution in [0, 0.1) is 23.1 Å². The van der Waals surface area contributed by atoms with E-state index in [0.717, 1.165) is 18.3 Å². The van der Waals surface area contributed by atoms with Crippen LogP contribution in [0.2, 0.25) is 0 Å². The highest BCUT2D eigenvalue weighted by molar-refractivity contribution is 5.45. The number of nitrogens with zero attached hydrogens (tertiary/aromatic N) is 1. The van der Waals surface area contributed by atoms with Gasteiger partial charge in [-0.05, 0) is 93.4 Å². The fourth-order valence-electron chi connectivity index (χ4n) is 6.39. The summed E-state index contributed by atoms with van der Waals surface area (Å²) in [7, 11) is 0. The average Bonchev–Trinajstić information content (AvgIpc) is 3.70. The van der Waals surface area contributed by atoms with Crippen LogP contribution in [0.3, 0.4) is 0 Å². The summed E-state index contributed by atoms with van der Waals surface area (Å²) >= 11 is 0. The second kappa shape index (κ2) is 8.26. The molecule has 0 bridgehead atoms. The van der Waals surface area contributed by atoms with Crippen molar-refractivity contribution in [3.8, 4) is 0 Å². The fraction of sp³-hybridized carbons (Fsp3) is 0.586. The summed E-state index contributed by atoms with van der Waals surface area (Å²) in [6, 6.07) is 7.65. The minimum Gasteiger partial charge on any atom is -0.371 e. The third-order valence-corrected chi connectivity index (χ3v) is 8.74. The van der Waals surface area contributed by atoms with Gasteiger partial charge in [-0.2, -0.15) is 0 Å². The Morgan fingerprint density at radius 2 is 1.97 bits per heavy atom. The first kappa shape index (κ1) is 21.0. The van der Waals surface area contributed by atoms with Gasteiger partial charge in [0.1, 0.15) is 5.82 Å². The van der Waals surface area contributed by atoms with E-state index in [-0.39, 0.29) is 5.82 Å². The first-order chi connectivity index (χ1) is 15.0. The van der Waals surface area contributed by atoms with Crippen LogP contribution in [0.4, 0.5) is 4.39 Å². The number of allylic oxidation sites excluding steroid dienone is 5. The number of halogens is 1. The molecule has 0 amide bonds. The number of hydrogen-bond donors (Lipinski definition) is 0. The van der Waals surface area contributed by atoms with Gasteiger partial charge >= 0.3 is 0 Å². The summed E-state index contributed by atoms with van der Waals surface area (Å²) in [6.45, 7) is 8.16. The van der Waals surface area contributed by atoms with Crippen molar-refractivity contribution in [2.75, 3.05) is 6.54 Å². The SMILES string of the molecule is C/C=C(\CC(C)c1ccc(F)cc1)N(CCC1CC1)C(C)C12C=CC3=C(CCC3)C1C2. The fourth-order valence-corrected chi connectivity index (χ4v) is 6.39.